The van der Waals surface area contributed by atoms with Gasteiger partial charge < -0.3 is 10.6 Å². The minimum Gasteiger partial charge on any atom is -0.316 e. The first-order valence-electron chi connectivity index (χ1n) is 6.89. The Morgan fingerprint density at radius 1 is 0.909 bits per heavy atom. The molecule has 2 fully saturated rings. The van der Waals surface area contributed by atoms with Crippen LogP contribution in [0.4, 0.5) is 26.3 Å². The Morgan fingerprint density at radius 2 is 1.41 bits per heavy atom. The van der Waals surface area contributed by atoms with Gasteiger partial charge in [-0.25, -0.2) is 0 Å². The molecule has 1 aliphatic carbocycles. The van der Waals surface area contributed by atoms with Gasteiger partial charge in [0.2, 0.25) is 0 Å². The average Bonchev–Trinajstić information content (AvgIpc) is 2.83. The lowest BCUT2D eigenvalue weighted by Crippen LogP contribution is -2.27. The topological polar surface area (TPSA) is 24.1 Å². The molecule has 2 nitrogen and oxygen atoms in total. The van der Waals surface area contributed by atoms with Gasteiger partial charge in [-0.15, -0.1) is 0 Å². The maximum Gasteiger partial charge on any atom is 0.416 e. The zero-order chi connectivity index (χ0) is 16.1. The summed E-state index contributed by atoms with van der Waals surface area (Å²) in [5.41, 5.74) is -2.53. The summed E-state index contributed by atoms with van der Waals surface area (Å²) in [6.07, 6.45) is -9.59. The zero-order valence-corrected chi connectivity index (χ0v) is 11.4. The van der Waals surface area contributed by atoms with E-state index in [0.29, 0.717) is 11.8 Å². The smallest absolute Gasteiger partial charge is 0.316 e. The molecule has 0 amide bonds. The normalized spacial score (nSPS) is 27.8. The maximum absolute atomic E-state index is 12.7. The molecule has 1 unspecified atom stereocenters. The summed E-state index contributed by atoms with van der Waals surface area (Å²) in [7, 11) is 0. The molecule has 1 saturated heterocycles. The summed E-state index contributed by atoms with van der Waals surface area (Å²) < 4.78 is 76.4. The molecule has 22 heavy (non-hydrogen) atoms. The van der Waals surface area contributed by atoms with Gasteiger partial charge in [0.05, 0.1) is 11.1 Å². The molecule has 8 heteroatoms. The lowest BCUT2D eigenvalue weighted by molar-refractivity contribution is -0.143. The Labute approximate surface area is 122 Å². The van der Waals surface area contributed by atoms with Crippen molar-refractivity contribution in [1.82, 2.24) is 10.6 Å². The Kier molecular flexibility index (Phi) is 3.64. The fourth-order valence-electron chi connectivity index (χ4n) is 3.08. The van der Waals surface area contributed by atoms with Gasteiger partial charge in [0.25, 0.3) is 0 Å². The van der Waals surface area contributed by atoms with Crippen LogP contribution in [0.2, 0.25) is 0 Å². The van der Waals surface area contributed by atoms with Crippen molar-refractivity contribution in [2.45, 2.75) is 24.9 Å². The van der Waals surface area contributed by atoms with Gasteiger partial charge in [-0.05, 0) is 48.7 Å². The van der Waals surface area contributed by atoms with Crippen LogP contribution in [0.25, 0.3) is 0 Å². The van der Waals surface area contributed by atoms with E-state index in [1.807, 2.05) is 0 Å². The zero-order valence-electron chi connectivity index (χ0n) is 11.4. The van der Waals surface area contributed by atoms with Crippen LogP contribution in [0.1, 0.15) is 16.7 Å². The van der Waals surface area contributed by atoms with Crippen LogP contribution >= 0.6 is 0 Å². The first kappa shape index (κ1) is 15.6. The fraction of sp³-hybridized carbons (Fsp3) is 0.571. The Hall–Kier alpha value is -1.28. The summed E-state index contributed by atoms with van der Waals surface area (Å²) in [5.74, 6) is 0.876. The second-order valence-corrected chi connectivity index (χ2v) is 5.81. The average molecular weight is 324 g/mol. The van der Waals surface area contributed by atoms with E-state index in [1.54, 1.807) is 0 Å². The lowest BCUT2D eigenvalue weighted by atomic mass is 10.0. The van der Waals surface area contributed by atoms with Crippen molar-refractivity contribution in [3.63, 3.8) is 0 Å². The molecule has 0 aromatic heterocycles. The summed E-state index contributed by atoms with van der Waals surface area (Å²) in [4.78, 5) is 0. The summed E-state index contributed by atoms with van der Waals surface area (Å²) in [5, 5.41) is 6.23. The summed E-state index contributed by atoms with van der Waals surface area (Å²) >= 11 is 0. The Balaban J connectivity index is 1.77. The monoisotopic (exact) mass is 324 g/mol. The van der Waals surface area contributed by atoms with Crippen LogP contribution in [-0.2, 0) is 18.9 Å². The highest BCUT2D eigenvalue weighted by Gasteiger charge is 2.52. The third kappa shape index (κ3) is 3.08. The number of rotatable bonds is 3. The van der Waals surface area contributed by atoms with Crippen LogP contribution in [0.15, 0.2) is 18.2 Å². The van der Waals surface area contributed by atoms with E-state index in [4.69, 9.17) is 0 Å². The van der Waals surface area contributed by atoms with Crippen LogP contribution < -0.4 is 10.6 Å². The number of hydrogen-bond acceptors (Lipinski definition) is 2. The van der Waals surface area contributed by atoms with E-state index in [2.05, 4.69) is 10.6 Å². The molecular weight excluding hydrogens is 310 g/mol. The van der Waals surface area contributed by atoms with Gasteiger partial charge in [-0.1, -0.05) is 0 Å². The van der Waals surface area contributed by atoms with Crippen LogP contribution in [0, 0.1) is 11.8 Å². The molecule has 122 valence electrons. The van der Waals surface area contributed by atoms with Crippen LogP contribution in [0.5, 0.6) is 0 Å². The van der Waals surface area contributed by atoms with Crippen molar-refractivity contribution in [2.75, 3.05) is 13.1 Å². The fourth-order valence-corrected chi connectivity index (χ4v) is 3.08. The highest BCUT2D eigenvalue weighted by atomic mass is 19.4. The van der Waals surface area contributed by atoms with Gasteiger partial charge in [0.1, 0.15) is 0 Å². The molecule has 1 aromatic carbocycles. The highest BCUT2D eigenvalue weighted by molar-refractivity contribution is 5.33. The molecule has 3 rings (SSSR count). The van der Waals surface area contributed by atoms with E-state index < -0.39 is 23.5 Å². The number of alkyl halides is 6. The molecule has 1 heterocycles. The van der Waals surface area contributed by atoms with E-state index in [9.17, 15) is 26.3 Å². The molecule has 2 aliphatic rings. The number of halogens is 6. The molecule has 2 N–H and O–H groups in total. The predicted octanol–water partition coefficient (Wildman–Crippen LogP) is 3.03. The third-order valence-electron chi connectivity index (χ3n) is 4.28. The van der Waals surface area contributed by atoms with Crippen molar-refractivity contribution in [2.24, 2.45) is 11.8 Å². The maximum atomic E-state index is 12.7. The number of fused-ring (bicyclic) bond motifs is 1. The lowest BCUT2D eigenvalue weighted by Gasteiger charge is -2.15. The molecule has 0 bridgehead atoms. The van der Waals surface area contributed by atoms with Gasteiger partial charge in [-0.2, -0.15) is 26.3 Å². The SMILES string of the molecule is FC(F)(F)c1cc(CNC2[C@H]3CNC[C@@H]23)cc(C(F)(F)F)c1. The van der Waals surface area contributed by atoms with E-state index in [0.717, 1.165) is 25.2 Å². The first-order chi connectivity index (χ1) is 10.2. The van der Waals surface area contributed by atoms with Gasteiger partial charge in [0, 0.05) is 12.6 Å². The first-order valence-corrected chi connectivity index (χ1v) is 6.89. The largest absolute Gasteiger partial charge is 0.416 e. The van der Waals surface area contributed by atoms with Crippen molar-refractivity contribution in [1.29, 1.82) is 0 Å². The van der Waals surface area contributed by atoms with Crippen molar-refractivity contribution in [3.05, 3.63) is 34.9 Å². The quantitative estimate of drug-likeness (QED) is 0.835. The number of piperidine rings is 1. The number of hydrogen-bond donors (Lipinski definition) is 2. The van der Waals surface area contributed by atoms with Crippen molar-refractivity contribution >= 4 is 0 Å². The third-order valence-corrected chi connectivity index (χ3v) is 4.28. The van der Waals surface area contributed by atoms with Crippen molar-refractivity contribution in [3.8, 4) is 0 Å². The van der Waals surface area contributed by atoms with Gasteiger partial charge in [-0.3, -0.25) is 0 Å². The number of nitrogens with one attached hydrogen (secondary N) is 2. The standard InChI is InChI=1S/C14H14F6N2/c15-13(16,17)8-1-7(2-9(3-8)14(18,19)20)4-22-12-10-5-21-6-11(10)12/h1-3,10-12,21-22H,4-6H2/t10-,11+,12?. The summed E-state index contributed by atoms with van der Waals surface area (Å²) in [6.45, 7) is 1.70. The second kappa shape index (κ2) is 5.13. The molecule has 1 aromatic rings. The molecular formula is C14H14F6N2. The Morgan fingerprint density at radius 3 is 1.86 bits per heavy atom. The minimum absolute atomic E-state index is 0.0000765. The van der Waals surface area contributed by atoms with Gasteiger partial charge >= 0.3 is 12.4 Å². The van der Waals surface area contributed by atoms with E-state index in [1.165, 1.54) is 0 Å². The molecule has 1 aliphatic heterocycles. The van der Waals surface area contributed by atoms with Crippen LogP contribution in [0.3, 0.4) is 0 Å². The molecule has 0 radical (unpaired) electrons. The molecule has 3 atom stereocenters. The van der Waals surface area contributed by atoms with E-state index in [-0.39, 0.29) is 24.2 Å². The molecule has 0 spiro atoms. The number of benzene rings is 1. The second-order valence-electron chi connectivity index (χ2n) is 5.81. The van der Waals surface area contributed by atoms with E-state index >= 15 is 0 Å². The Bertz CT molecular complexity index is 523. The molecule has 1 saturated carbocycles. The van der Waals surface area contributed by atoms with Gasteiger partial charge in [0.15, 0.2) is 0 Å². The summed E-state index contributed by atoms with van der Waals surface area (Å²) in [6, 6.07) is 1.89. The van der Waals surface area contributed by atoms with Crippen molar-refractivity contribution < 1.29 is 26.3 Å². The minimum atomic E-state index is -4.80. The highest BCUT2D eigenvalue weighted by Crippen LogP contribution is 2.42. The van der Waals surface area contributed by atoms with Crippen LogP contribution in [-0.4, -0.2) is 19.1 Å². The predicted molar refractivity (Wildman–Crippen MR) is 66.9 cm³/mol.